The Bertz CT molecular complexity index is 570. The highest BCUT2D eigenvalue weighted by molar-refractivity contribution is 14.0. The third-order valence-electron chi connectivity index (χ3n) is 5.07. The summed E-state index contributed by atoms with van der Waals surface area (Å²) in [6, 6.07) is 1.33. The Morgan fingerprint density at radius 1 is 1.35 bits per heavy atom. The van der Waals surface area contributed by atoms with Crippen molar-refractivity contribution in [3.05, 3.63) is 11.1 Å². The topological polar surface area (TPSA) is 55.8 Å². The molecule has 2 aliphatic rings. The maximum absolute atomic E-state index is 4.74. The fourth-order valence-corrected chi connectivity index (χ4v) is 4.50. The number of thiazole rings is 1. The fourth-order valence-electron chi connectivity index (χ4n) is 3.75. The number of aliphatic imine (C=N–C) groups is 1. The molecule has 1 aromatic heterocycles. The first-order chi connectivity index (χ1) is 12.2. The number of likely N-dealkylation sites (tertiary alicyclic amines) is 1. The maximum atomic E-state index is 4.74. The Kier molecular flexibility index (Phi) is 8.89. The molecular formula is C18H33IN6S. The minimum Gasteiger partial charge on any atom is -0.357 e. The van der Waals surface area contributed by atoms with Crippen LogP contribution in [-0.4, -0.2) is 61.7 Å². The van der Waals surface area contributed by atoms with Crippen molar-refractivity contribution < 1.29 is 0 Å². The van der Waals surface area contributed by atoms with Crippen LogP contribution in [0, 0.1) is 0 Å². The van der Waals surface area contributed by atoms with Crippen LogP contribution < -0.4 is 15.5 Å². The third kappa shape index (κ3) is 5.95. The van der Waals surface area contributed by atoms with Gasteiger partial charge in [0.1, 0.15) is 0 Å². The Morgan fingerprint density at radius 2 is 2.12 bits per heavy atom. The van der Waals surface area contributed by atoms with Crippen molar-refractivity contribution in [1.29, 1.82) is 0 Å². The molecule has 1 aromatic rings. The molecule has 2 heterocycles. The number of hydrogen-bond acceptors (Lipinski definition) is 5. The zero-order valence-corrected chi connectivity index (χ0v) is 19.3. The summed E-state index contributed by atoms with van der Waals surface area (Å²) in [4.78, 5) is 14.1. The molecule has 1 saturated heterocycles. The van der Waals surface area contributed by atoms with Gasteiger partial charge in [-0.3, -0.25) is 4.90 Å². The minimum absolute atomic E-state index is 0. The van der Waals surface area contributed by atoms with Crippen molar-refractivity contribution in [1.82, 2.24) is 20.5 Å². The lowest BCUT2D eigenvalue weighted by molar-refractivity contribution is 0.242. The third-order valence-corrected chi connectivity index (χ3v) is 6.12. The molecule has 0 radical (unpaired) electrons. The van der Waals surface area contributed by atoms with E-state index >= 15 is 0 Å². The zero-order valence-electron chi connectivity index (χ0n) is 16.2. The molecule has 1 atom stereocenters. The van der Waals surface area contributed by atoms with Crippen molar-refractivity contribution in [2.45, 2.75) is 57.7 Å². The Hall–Kier alpha value is -0.610. The van der Waals surface area contributed by atoms with Crippen LogP contribution in [0.5, 0.6) is 0 Å². The summed E-state index contributed by atoms with van der Waals surface area (Å²) in [6.45, 7) is 5.99. The number of rotatable bonds is 6. The average molecular weight is 492 g/mol. The second-order valence-corrected chi connectivity index (χ2v) is 8.11. The molecule has 3 rings (SSSR count). The lowest BCUT2D eigenvalue weighted by Gasteiger charge is -2.24. The van der Waals surface area contributed by atoms with E-state index in [0.717, 1.165) is 35.9 Å². The van der Waals surface area contributed by atoms with E-state index in [4.69, 9.17) is 4.99 Å². The Morgan fingerprint density at radius 3 is 2.77 bits per heavy atom. The van der Waals surface area contributed by atoms with Gasteiger partial charge in [-0.1, -0.05) is 12.8 Å². The van der Waals surface area contributed by atoms with Crippen LogP contribution in [0.25, 0.3) is 0 Å². The van der Waals surface area contributed by atoms with Gasteiger partial charge >= 0.3 is 0 Å². The van der Waals surface area contributed by atoms with E-state index in [1.807, 2.05) is 19.0 Å². The highest BCUT2D eigenvalue weighted by atomic mass is 127. The molecule has 1 unspecified atom stereocenters. The van der Waals surface area contributed by atoms with E-state index in [1.165, 1.54) is 38.6 Å². The van der Waals surface area contributed by atoms with Crippen LogP contribution >= 0.6 is 35.3 Å². The Labute approximate surface area is 178 Å². The second kappa shape index (κ2) is 10.7. The van der Waals surface area contributed by atoms with Crippen molar-refractivity contribution in [3.63, 3.8) is 0 Å². The van der Waals surface area contributed by atoms with Crippen LogP contribution in [0.1, 0.15) is 44.7 Å². The number of halogens is 1. The molecule has 2 fully saturated rings. The fraction of sp³-hybridized carbons (Fsp3) is 0.778. The predicted octanol–water partition coefficient (Wildman–Crippen LogP) is 2.90. The number of aromatic nitrogens is 1. The summed E-state index contributed by atoms with van der Waals surface area (Å²) in [5.41, 5.74) is 1.03. The first-order valence-corrected chi connectivity index (χ1v) is 10.4. The summed E-state index contributed by atoms with van der Waals surface area (Å²) in [5, 5.41) is 10.1. The van der Waals surface area contributed by atoms with Gasteiger partial charge in [0.05, 0.1) is 12.2 Å². The second-order valence-electron chi connectivity index (χ2n) is 7.27. The molecule has 8 heteroatoms. The van der Waals surface area contributed by atoms with Gasteiger partial charge in [0.25, 0.3) is 0 Å². The van der Waals surface area contributed by atoms with Gasteiger partial charge in [-0.05, 0) is 26.2 Å². The van der Waals surface area contributed by atoms with Gasteiger partial charge in [0.15, 0.2) is 11.1 Å². The van der Waals surface area contributed by atoms with Crippen LogP contribution in [0.2, 0.25) is 0 Å². The van der Waals surface area contributed by atoms with Crippen molar-refractivity contribution in [2.24, 2.45) is 4.99 Å². The van der Waals surface area contributed by atoms with E-state index in [-0.39, 0.29) is 24.0 Å². The molecule has 1 aliphatic heterocycles. The van der Waals surface area contributed by atoms with Crippen molar-refractivity contribution in [2.75, 3.05) is 38.6 Å². The van der Waals surface area contributed by atoms with Gasteiger partial charge in [0.2, 0.25) is 0 Å². The summed E-state index contributed by atoms with van der Waals surface area (Å²) in [6.07, 6.45) is 6.80. The normalized spacial score (nSPS) is 21.7. The number of guanidine groups is 1. The summed E-state index contributed by atoms with van der Waals surface area (Å²) >= 11 is 1.67. The highest BCUT2D eigenvalue weighted by Gasteiger charge is 2.30. The summed E-state index contributed by atoms with van der Waals surface area (Å²) in [7, 11) is 4.04. The first-order valence-electron chi connectivity index (χ1n) is 9.56. The molecule has 2 N–H and O–H groups in total. The Balaban J connectivity index is 0.00000243. The van der Waals surface area contributed by atoms with Gasteiger partial charge in [-0.2, -0.15) is 0 Å². The molecule has 0 aromatic carbocycles. The summed E-state index contributed by atoms with van der Waals surface area (Å²) < 4.78 is 0. The van der Waals surface area contributed by atoms with Crippen LogP contribution in [-0.2, 0) is 6.54 Å². The van der Waals surface area contributed by atoms with E-state index in [9.17, 15) is 0 Å². The molecule has 1 saturated carbocycles. The number of hydrogen-bond donors (Lipinski definition) is 2. The number of nitrogens with one attached hydrogen (secondary N) is 2. The predicted molar refractivity (Wildman–Crippen MR) is 122 cm³/mol. The smallest absolute Gasteiger partial charge is 0.191 e. The molecule has 0 amide bonds. The molecule has 6 nitrogen and oxygen atoms in total. The maximum Gasteiger partial charge on any atom is 0.191 e. The number of nitrogens with zero attached hydrogens (tertiary/aromatic N) is 4. The van der Waals surface area contributed by atoms with Crippen LogP contribution in [0.4, 0.5) is 5.13 Å². The lowest BCUT2D eigenvalue weighted by atomic mass is 10.2. The standard InChI is InChI=1S/C18H32N6S.HI/c1-4-19-17(20-11-15-13-25-18(22-15)23(2)3)21-14-9-10-24(12-14)16-7-5-6-8-16;/h13-14,16H,4-12H2,1-3H3,(H2,19,20,21);1H. The van der Waals surface area contributed by atoms with E-state index in [0.29, 0.717) is 12.6 Å². The lowest BCUT2D eigenvalue weighted by Crippen LogP contribution is -2.45. The quantitative estimate of drug-likeness (QED) is 0.364. The van der Waals surface area contributed by atoms with E-state index in [2.05, 4.69) is 32.8 Å². The number of anilines is 1. The molecule has 0 bridgehead atoms. The van der Waals surface area contributed by atoms with Crippen molar-refractivity contribution in [3.8, 4) is 0 Å². The van der Waals surface area contributed by atoms with Crippen LogP contribution in [0.15, 0.2) is 10.4 Å². The molecule has 148 valence electrons. The minimum atomic E-state index is 0. The average Bonchev–Trinajstić information content (AvgIpc) is 3.33. The monoisotopic (exact) mass is 492 g/mol. The van der Waals surface area contributed by atoms with Gasteiger partial charge in [-0.25, -0.2) is 9.98 Å². The summed E-state index contributed by atoms with van der Waals surface area (Å²) in [5.74, 6) is 0.917. The zero-order chi connectivity index (χ0) is 17.6. The van der Waals surface area contributed by atoms with E-state index in [1.54, 1.807) is 11.3 Å². The van der Waals surface area contributed by atoms with Gasteiger partial charge in [-0.15, -0.1) is 35.3 Å². The van der Waals surface area contributed by atoms with Crippen LogP contribution in [0.3, 0.4) is 0 Å². The highest BCUT2D eigenvalue weighted by Crippen LogP contribution is 2.26. The van der Waals surface area contributed by atoms with Gasteiger partial charge < -0.3 is 15.5 Å². The molecule has 26 heavy (non-hydrogen) atoms. The largest absolute Gasteiger partial charge is 0.357 e. The van der Waals surface area contributed by atoms with E-state index < -0.39 is 0 Å². The van der Waals surface area contributed by atoms with Gasteiger partial charge in [0, 0.05) is 51.2 Å². The molecule has 1 aliphatic carbocycles. The molecule has 0 spiro atoms. The first kappa shape index (κ1) is 21.7. The van der Waals surface area contributed by atoms with Crippen molar-refractivity contribution >= 4 is 46.4 Å². The SMILES string of the molecule is CCNC(=NCc1csc(N(C)C)n1)NC1CCN(C2CCCC2)C1.I. The molecular weight excluding hydrogens is 459 g/mol.